The maximum atomic E-state index is 13.0. The molecule has 1 amide bonds. The summed E-state index contributed by atoms with van der Waals surface area (Å²) >= 11 is 12.2. The van der Waals surface area contributed by atoms with E-state index in [0.717, 1.165) is 10.3 Å². The fourth-order valence-corrected chi connectivity index (χ4v) is 4.00. The highest BCUT2D eigenvalue weighted by molar-refractivity contribution is 6.31. The van der Waals surface area contributed by atoms with Crippen molar-refractivity contribution >= 4 is 34.8 Å². The molecule has 0 atom stereocenters. The average molecular weight is 459 g/mol. The van der Waals surface area contributed by atoms with Gasteiger partial charge in [0.2, 0.25) is 0 Å². The first-order chi connectivity index (χ1) is 14.9. The fourth-order valence-electron chi connectivity index (χ4n) is 3.62. The van der Waals surface area contributed by atoms with Gasteiger partial charge in [0.15, 0.2) is 0 Å². The van der Waals surface area contributed by atoms with Crippen LogP contribution >= 0.6 is 23.2 Å². The average Bonchev–Trinajstić information content (AvgIpc) is 2.77. The number of carbonyl (C=O) groups is 1. The molecule has 0 aliphatic carbocycles. The van der Waals surface area contributed by atoms with Crippen LogP contribution in [0, 0.1) is 0 Å². The van der Waals surface area contributed by atoms with Crippen molar-refractivity contribution in [2.45, 2.75) is 6.54 Å². The smallest absolute Gasteiger partial charge is 0.328 e. The van der Waals surface area contributed by atoms with Gasteiger partial charge in [-0.25, -0.2) is 4.79 Å². The van der Waals surface area contributed by atoms with Gasteiger partial charge in [0, 0.05) is 48.1 Å². The number of H-pyrrole nitrogens is 1. The van der Waals surface area contributed by atoms with Gasteiger partial charge in [-0.1, -0.05) is 47.5 Å². The monoisotopic (exact) mass is 458 g/mol. The molecule has 0 radical (unpaired) electrons. The lowest BCUT2D eigenvalue weighted by molar-refractivity contribution is 0.0743. The van der Waals surface area contributed by atoms with Crippen molar-refractivity contribution in [1.82, 2.24) is 14.5 Å². The largest absolute Gasteiger partial charge is 0.368 e. The second-order valence-electron chi connectivity index (χ2n) is 7.25. The minimum Gasteiger partial charge on any atom is -0.368 e. The summed E-state index contributed by atoms with van der Waals surface area (Å²) in [5.41, 5.74) is 0.322. The van der Waals surface area contributed by atoms with E-state index in [0.29, 0.717) is 41.8 Å². The maximum absolute atomic E-state index is 13.0. The Balaban J connectivity index is 1.52. The molecule has 3 aromatic rings. The van der Waals surface area contributed by atoms with Gasteiger partial charge in [-0.2, -0.15) is 0 Å². The van der Waals surface area contributed by atoms with E-state index in [2.05, 4.69) is 9.88 Å². The number of rotatable bonds is 4. The van der Waals surface area contributed by atoms with Crippen LogP contribution in [0.15, 0.2) is 64.3 Å². The highest BCUT2D eigenvalue weighted by atomic mass is 35.5. The molecule has 2 aromatic carbocycles. The fraction of sp³-hybridized carbons (Fsp3) is 0.227. The number of aromatic amines is 1. The van der Waals surface area contributed by atoms with E-state index < -0.39 is 17.2 Å². The maximum Gasteiger partial charge on any atom is 0.328 e. The molecule has 1 N–H and O–H groups in total. The van der Waals surface area contributed by atoms with Gasteiger partial charge in [0.1, 0.15) is 5.56 Å². The van der Waals surface area contributed by atoms with Crippen LogP contribution in [0.3, 0.4) is 0 Å². The Morgan fingerprint density at radius 3 is 2.42 bits per heavy atom. The van der Waals surface area contributed by atoms with Crippen molar-refractivity contribution in [2.75, 3.05) is 31.1 Å². The van der Waals surface area contributed by atoms with Gasteiger partial charge in [0.25, 0.3) is 11.5 Å². The van der Waals surface area contributed by atoms with Crippen molar-refractivity contribution in [3.05, 3.63) is 96.7 Å². The van der Waals surface area contributed by atoms with E-state index in [1.807, 2.05) is 24.3 Å². The molecule has 31 heavy (non-hydrogen) atoms. The molecule has 0 spiro atoms. The molecule has 9 heteroatoms. The lowest BCUT2D eigenvalue weighted by Crippen LogP contribution is -2.50. The second kappa shape index (κ2) is 8.99. The quantitative estimate of drug-likeness (QED) is 0.651. The van der Waals surface area contributed by atoms with E-state index in [4.69, 9.17) is 23.2 Å². The van der Waals surface area contributed by atoms with Gasteiger partial charge in [0.05, 0.1) is 6.54 Å². The van der Waals surface area contributed by atoms with E-state index in [-0.39, 0.29) is 12.1 Å². The van der Waals surface area contributed by atoms with E-state index in [9.17, 15) is 14.4 Å². The molecular formula is C22H20Cl2N4O3. The Morgan fingerprint density at radius 1 is 0.968 bits per heavy atom. The summed E-state index contributed by atoms with van der Waals surface area (Å²) in [7, 11) is 0. The van der Waals surface area contributed by atoms with Gasteiger partial charge in [-0.15, -0.1) is 0 Å². The minimum absolute atomic E-state index is 0.0164. The van der Waals surface area contributed by atoms with Crippen LogP contribution in [0.4, 0.5) is 5.69 Å². The second-order valence-corrected chi connectivity index (χ2v) is 8.09. The van der Waals surface area contributed by atoms with Crippen LogP contribution in [0.2, 0.25) is 10.0 Å². The summed E-state index contributed by atoms with van der Waals surface area (Å²) in [4.78, 5) is 44.5. The number of hydrogen-bond acceptors (Lipinski definition) is 4. The number of amides is 1. The summed E-state index contributed by atoms with van der Waals surface area (Å²) < 4.78 is 0.997. The summed E-state index contributed by atoms with van der Waals surface area (Å²) in [6.07, 6.45) is 1.19. The standard InChI is InChI=1S/C22H20Cl2N4O3/c23-16-5-3-6-17(12-16)26-8-10-27(11-9-26)20(29)18-13-25-22(31)28(21(18)30)14-15-4-1-2-7-19(15)24/h1-7,12-13H,8-11,14H2,(H,25,31). The number of benzene rings is 2. The number of nitrogens with one attached hydrogen (secondary N) is 1. The number of nitrogens with zero attached hydrogens (tertiary/aromatic N) is 3. The van der Waals surface area contributed by atoms with Crippen molar-refractivity contribution in [2.24, 2.45) is 0 Å². The molecule has 4 rings (SSSR count). The Morgan fingerprint density at radius 2 is 1.71 bits per heavy atom. The van der Waals surface area contributed by atoms with Crippen LogP contribution in [0.1, 0.15) is 15.9 Å². The predicted molar refractivity (Wildman–Crippen MR) is 121 cm³/mol. The summed E-state index contributed by atoms with van der Waals surface area (Å²) in [6.45, 7) is 2.12. The first kappa shape index (κ1) is 21.2. The third-order valence-electron chi connectivity index (χ3n) is 5.32. The highest BCUT2D eigenvalue weighted by Gasteiger charge is 2.25. The van der Waals surface area contributed by atoms with Crippen LogP contribution in [0.5, 0.6) is 0 Å². The van der Waals surface area contributed by atoms with E-state index in [1.54, 1.807) is 29.2 Å². The first-order valence-electron chi connectivity index (χ1n) is 9.80. The van der Waals surface area contributed by atoms with Crippen molar-refractivity contribution < 1.29 is 4.79 Å². The molecule has 160 valence electrons. The molecule has 2 heterocycles. The Kier molecular flexibility index (Phi) is 6.15. The Labute approximate surface area is 188 Å². The number of anilines is 1. The Bertz CT molecular complexity index is 1230. The number of piperazine rings is 1. The Hall–Kier alpha value is -3.03. The normalized spacial score (nSPS) is 14.0. The predicted octanol–water partition coefficient (Wildman–Crippen LogP) is 2.85. The van der Waals surface area contributed by atoms with Crippen LogP contribution < -0.4 is 16.1 Å². The molecule has 1 aliphatic rings. The number of carbonyl (C=O) groups excluding carboxylic acids is 1. The summed E-state index contributed by atoms with van der Waals surface area (Å²) in [6, 6.07) is 14.5. The van der Waals surface area contributed by atoms with Crippen LogP contribution in [-0.4, -0.2) is 46.5 Å². The SMILES string of the molecule is O=C(c1c[nH]c(=O)n(Cc2ccccc2Cl)c1=O)N1CCN(c2cccc(Cl)c2)CC1. The molecule has 7 nitrogen and oxygen atoms in total. The number of halogens is 2. The van der Waals surface area contributed by atoms with Crippen molar-refractivity contribution in [3.63, 3.8) is 0 Å². The lowest BCUT2D eigenvalue weighted by atomic mass is 10.2. The molecule has 1 fully saturated rings. The van der Waals surface area contributed by atoms with E-state index >= 15 is 0 Å². The summed E-state index contributed by atoms with van der Waals surface area (Å²) in [5.74, 6) is -0.403. The molecule has 1 saturated heterocycles. The molecule has 1 aliphatic heterocycles. The molecule has 0 saturated carbocycles. The topological polar surface area (TPSA) is 78.4 Å². The molecular weight excluding hydrogens is 439 g/mol. The highest BCUT2D eigenvalue weighted by Crippen LogP contribution is 2.21. The van der Waals surface area contributed by atoms with Crippen LogP contribution in [0.25, 0.3) is 0 Å². The minimum atomic E-state index is -0.633. The molecule has 1 aromatic heterocycles. The number of aromatic nitrogens is 2. The molecule has 0 unspecified atom stereocenters. The van der Waals surface area contributed by atoms with Gasteiger partial charge >= 0.3 is 5.69 Å². The van der Waals surface area contributed by atoms with Gasteiger partial charge in [-0.3, -0.25) is 14.2 Å². The zero-order valence-corrected chi connectivity index (χ0v) is 18.1. The van der Waals surface area contributed by atoms with Crippen molar-refractivity contribution in [1.29, 1.82) is 0 Å². The lowest BCUT2D eigenvalue weighted by Gasteiger charge is -2.36. The molecule has 0 bridgehead atoms. The van der Waals surface area contributed by atoms with Crippen LogP contribution in [-0.2, 0) is 6.54 Å². The zero-order chi connectivity index (χ0) is 22.0. The van der Waals surface area contributed by atoms with Gasteiger partial charge < -0.3 is 14.8 Å². The summed E-state index contributed by atoms with van der Waals surface area (Å²) in [5, 5.41) is 1.10. The third kappa shape index (κ3) is 4.52. The van der Waals surface area contributed by atoms with Crippen molar-refractivity contribution in [3.8, 4) is 0 Å². The van der Waals surface area contributed by atoms with Gasteiger partial charge in [-0.05, 0) is 29.8 Å². The van der Waals surface area contributed by atoms with E-state index in [1.165, 1.54) is 6.20 Å². The zero-order valence-electron chi connectivity index (χ0n) is 16.6. The first-order valence-corrected chi connectivity index (χ1v) is 10.6. The third-order valence-corrected chi connectivity index (χ3v) is 5.92. The number of hydrogen-bond donors (Lipinski definition) is 1.